The van der Waals surface area contributed by atoms with E-state index in [0.29, 0.717) is 0 Å². The predicted molar refractivity (Wildman–Crippen MR) is 124 cm³/mol. The number of carbonyl (C=O) groups excluding carboxylic acids is 2. The summed E-state index contributed by atoms with van der Waals surface area (Å²) in [5.74, 6) is -1.26. The largest absolute Gasteiger partial charge is 0.478 e. The van der Waals surface area contributed by atoms with E-state index in [0.717, 1.165) is 32.2 Å². The van der Waals surface area contributed by atoms with Gasteiger partial charge in [0.1, 0.15) is 6.04 Å². The highest BCUT2D eigenvalue weighted by Gasteiger charge is 2.36. The zero-order chi connectivity index (χ0) is 23.9. The summed E-state index contributed by atoms with van der Waals surface area (Å²) in [6, 6.07) is -0.952. The van der Waals surface area contributed by atoms with Crippen LogP contribution in [0.15, 0.2) is 11.6 Å². The number of carbonyl (C=O) groups is 3. The Balaban J connectivity index is 3.11. The number of likely N-dealkylation sites (tertiary alicyclic amines) is 1. The Bertz CT molecular complexity index is 659. The molecule has 0 saturated carbocycles. The Morgan fingerprint density at radius 3 is 2.26 bits per heavy atom. The second-order valence-electron chi connectivity index (χ2n) is 9.55. The molecule has 0 aromatic rings. The van der Waals surface area contributed by atoms with E-state index in [9.17, 15) is 19.5 Å². The van der Waals surface area contributed by atoms with Crippen molar-refractivity contribution in [1.29, 1.82) is 0 Å². The fourth-order valence-corrected chi connectivity index (χ4v) is 4.23. The monoisotopic (exact) mass is 437 g/mol. The number of hydrogen-bond donors (Lipinski definition) is 2. The average Bonchev–Trinajstić information content (AvgIpc) is 2.73. The van der Waals surface area contributed by atoms with Crippen LogP contribution in [0.3, 0.4) is 0 Å². The van der Waals surface area contributed by atoms with Crippen molar-refractivity contribution in [2.45, 2.75) is 98.3 Å². The quantitative estimate of drug-likeness (QED) is 0.512. The van der Waals surface area contributed by atoms with Crippen LogP contribution >= 0.6 is 0 Å². The highest BCUT2D eigenvalue weighted by Crippen LogP contribution is 2.22. The third-order valence-corrected chi connectivity index (χ3v) is 6.52. The Morgan fingerprint density at radius 2 is 1.77 bits per heavy atom. The summed E-state index contributed by atoms with van der Waals surface area (Å²) in [6.45, 7) is 14.5. The minimum absolute atomic E-state index is 0.0336. The molecule has 1 aliphatic rings. The molecular weight excluding hydrogens is 394 g/mol. The van der Waals surface area contributed by atoms with Crippen LogP contribution in [0, 0.1) is 11.8 Å². The van der Waals surface area contributed by atoms with E-state index >= 15 is 0 Å². The lowest BCUT2D eigenvalue weighted by Gasteiger charge is -2.39. The molecule has 2 amide bonds. The van der Waals surface area contributed by atoms with Crippen molar-refractivity contribution >= 4 is 17.8 Å². The second-order valence-corrected chi connectivity index (χ2v) is 9.55. The third-order valence-electron chi connectivity index (χ3n) is 6.52. The van der Waals surface area contributed by atoms with E-state index in [2.05, 4.69) is 24.1 Å². The number of likely N-dealkylation sites (N-methyl/N-ethyl adjacent to an activating group) is 1. The van der Waals surface area contributed by atoms with Gasteiger partial charge in [0.15, 0.2) is 0 Å². The molecule has 0 aliphatic carbocycles. The van der Waals surface area contributed by atoms with Crippen LogP contribution in [0.4, 0.5) is 0 Å². The van der Waals surface area contributed by atoms with Gasteiger partial charge >= 0.3 is 5.97 Å². The van der Waals surface area contributed by atoms with Gasteiger partial charge in [-0.15, -0.1) is 0 Å². The molecule has 1 heterocycles. The maximum absolute atomic E-state index is 13.5. The lowest BCUT2D eigenvalue weighted by Crippen LogP contribution is -2.59. The molecule has 0 bridgehead atoms. The molecule has 7 heteroatoms. The number of carboxylic acids is 1. The minimum atomic E-state index is -0.996. The molecule has 0 spiro atoms. The van der Waals surface area contributed by atoms with Gasteiger partial charge in [0.25, 0.3) is 0 Å². The van der Waals surface area contributed by atoms with E-state index in [1.165, 1.54) is 6.92 Å². The van der Waals surface area contributed by atoms with Crippen LogP contribution in [0.2, 0.25) is 0 Å². The van der Waals surface area contributed by atoms with Gasteiger partial charge in [-0.1, -0.05) is 46.6 Å². The van der Waals surface area contributed by atoms with Gasteiger partial charge in [-0.2, -0.15) is 0 Å². The fourth-order valence-electron chi connectivity index (χ4n) is 4.23. The molecule has 1 aliphatic heterocycles. The average molecular weight is 438 g/mol. The molecule has 4 atom stereocenters. The summed E-state index contributed by atoms with van der Waals surface area (Å²) in [7, 11) is 1.70. The Labute approximate surface area is 188 Å². The standard InChI is InChI=1S/C24H43N3O4/c1-9-17(6)21(25-22(28)19-12-10-11-13-27(19)16(4)5)23(29)26(8)20(15(2)3)14-18(7)24(30)31/h14-17,19-21H,9-13H2,1-8H3,(H,25,28)(H,30,31)/b18-14+/t17?,19-,20-,21?/m1/s1. The highest BCUT2D eigenvalue weighted by molar-refractivity contribution is 5.90. The molecule has 178 valence electrons. The number of nitrogens with zero attached hydrogens (tertiary/aromatic N) is 2. The van der Waals surface area contributed by atoms with Crippen molar-refractivity contribution in [2.24, 2.45) is 11.8 Å². The second kappa shape index (κ2) is 12.2. The summed E-state index contributed by atoms with van der Waals surface area (Å²) >= 11 is 0. The topological polar surface area (TPSA) is 90.0 Å². The Hall–Kier alpha value is -1.89. The molecular formula is C24H43N3O4. The van der Waals surface area contributed by atoms with Crippen molar-refractivity contribution < 1.29 is 19.5 Å². The first-order valence-electron chi connectivity index (χ1n) is 11.7. The molecule has 0 radical (unpaired) electrons. The van der Waals surface area contributed by atoms with Crippen molar-refractivity contribution in [1.82, 2.24) is 15.1 Å². The first-order chi connectivity index (χ1) is 14.4. The molecule has 7 nitrogen and oxygen atoms in total. The summed E-state index contributed by atoms with van der Waals surface area (Å²) in [5.41, 5.74) is 0.206. The maximum atomic E-state index is 13.5. The molecule has 2 unspecified atom stereocenters. The molecule has 0 aromatic carbocycles. The first kappa shape index (κ1) is 27.1. The third kappa shape index (κ3) is 7.34. The van der Waals surface area contributed by atoms with E-state index in [1.807, 2.05) is 27.7 Å². The zero-order valence-electron chi connectivity index (χ0n) is 20.6. The van der Waals surface area contributed by atoms with Crippen LogP contribution in [0.1, 0.15) is 74.1 Å². The van der Waals surface area contributed by atoms with E-state index in [4.69, 9.17) is 0 Å². The number of carboxylic acid groups (broad SMARTS) is 1. The number of piperidine rings is 1. The molecule has 0 aromatic heterocycles. The summed E-state index contributed by atoms with van der Waals surface area (Å²) in [5, 5.41) is 12.3. The van der Waals surface area contributed by atoms with Crippen LogP contribution in [-0.4, -0.2) is 70.4 Å². The van der Waals surface area contributed by atoms with Crippen molar-refractivity contribution in [3.63, 3.8) is 0 Å². The summed E-state index contributed by atoms with van der Waals surface area (Å²) in [6.07, 6.45) is 5.28. The van der Waals surface area contributed by atoms with E-state index in [-0.39, 0.29) is 47.3 Å². The zero-order valence-corrected chi connectivity index (χ0v) is 20.6. The van der Waals surface area contributed by atoms with Gasteiger partial charge in [-0.25, -0.2) is 4.79 Å². The molecule has 2 N–H and O–H groups in total. The van der Waals surface area contributed by atoms with E-state index < -0.39 is 12.0 Å². The van der Waals surface area contributed by atoms with Crippen molar-refractivity contribution in [3.8, 4) is 0 Å². The fraction of sp³-hybridized carbons (Fsp3) is 0.792. The van der Waals surface area contributed by atoms with Gasteiger partial charge in [-0.3, -0.25) is 14.5 Å². The summed E-state index contributed by atoms with van der Waals surface area (Å²) in [4.78, 5) is 41.8. The lowest BCUT2D eigenvalue weighted by molar-refractivity contribution is -0.140. The minimum Gasteiger partial charge on any atom is -0.478 e. The van der Waals surface area contributed by atoms with Crippen LogP contribution in [0.5, 0.6) is 0 Å². The lowest BCUT2D eigenvalue weighted by atomic mass is 9.93. The molecule has 1 rings (SSSR count). The normalized spacial score (nSPS) is 21.0. The smallest absolute Gasteiger partial charge is 0.331 e. The number of aliphatic carboxylic acids is 1. The van der Waals surface area contributed by atoms with Gasteiger partial charge in [-0.05, 0) is 52.0 Å². The molecule has 1 saturated heterocycles. The van der Waals surface area contributed by atoms with Crippen LogP contribution in [0.25, 0.3) is 0 Å². The highest BCUT2D eigenvalue weighted by atomic mass is 16.4. The summed E-state index contributed by atoms with van der Waals surface area (Å²) < 4.78 is 0. The Kier molecular flexibility index (Phi) is 10.7. The number of rotatable bonds is 10. The number of hydrogen-bond acceptors (Lipinski definition) is 4. The predicted octanol–water partition coefficient (Wildman–Crippen LogP) is 3.29. The van der Waals surface area contributed by atoms with Crippen LogP contribution < -0.4 is 5.32 Å². The SMILES string of the molecule is CCC(C)C(NC(=O)[C@H]1CCCCN1C(C)C)C(=O)N(C)[C@H](/C=C(\C)C(=O)O)C(C)C. The van der Waals surface area contributed by atoms with Gasteiger partial charge < -0.3 is 15.3 Å². The Morgan fingerprint density at radius 1 is 1.16 bits per heavy atom. The molecule has 31 heavy (non-hydrogen) atoms. The van der Waals surface area contributed by atoms with Crippen molar-refractivity contribution in [2.75, 3.05) is 13.6 Å². The molecule has 1 fully saturated rings. The number of amides is 2. The van der Waals surface area contributed by atoms with Crippen molar-refractivity contribution in [3.05, 3.63) is 11.6 Å². The number of nitrogens with one attached hydrogen (secondary N) is 1. The van der Waals surface area contributed by atoms with Crippen LogP contribution in [-0.2, 0) is 14.4 Å². The van der Waals surface area contributed by atoms with E-state index in [1.54, 1.807) is 18.0 Å². The van der Waals surface area contributed by atoms with Gasteiger partial charge in [0, 0.05) is 18.7 Å². The first-order valence-corrected chi connectivity index (χ1v) is 11.7. The maximum Gasteiger partial charge on any atom is 0.331 e. The van der Waals surface area contributed by atoms with Gasteiger partial charge in [0.05, 0.1) is 12.1 Å². The van der Waals surface area contributed by atoms with Gasteiger partial charge in [0.2, 0.25) is 11.8 Å².